The van der Waals surface area contributed by atoms with Crippen LogP contribution < -0.4 is 0 Å². The zero-order chi connectivity index (χ0) is 5.91. The Labute approximate surface area is 49.9 Å². The van der Waals surface area contributed by atoms with E-state index in [1.807, 2.05) is 0 Å². The van der Waals surface area contributed by atoms with Gasteiger partial charge in [0, 0.05) is 0 Å². The third-order valence-electron chi connectivity index (χ3n) is 0.174. The minimum atomic E-state index is -4.12. The fraction of sp³-hybridized carbons (Fsp3) is 0. The van der Waals surface area contributed by atoms with E-state index in [9.17, 15) is 4.57 Å². The predicted octanol–water partition coefficient (Wildman–Crippen LogP) is 1.43. The van der Waals surface area contributed by atoms with Crippen LogP contribution in [-0.2, 0) is 12.7 Å². The molecule has 0 aromatic carbocycles. The molecule has 7 heteroatoms. The van der Waals surface area contributed by atoms with Gasteiger partial charge in [-0.3, -0.25) is 0 Å². The van der Waals surface area contributed by atoms with Gasteiger partial charge >= 0.3 is 7.82 Å². The molecule has 0 aromatic rings. The largest absolute Gasteiger partial charge is 0.505 e. The highest BCUT2D eigenvalue weighted by atomic mass is 35.5. The smallest absolute Gasteiger partial charge is 0.301 e. The van der Waals surface area contributed by atoms with Crippen LogP contribution in [0.25, 0.3) is 0 Å². The number of phosphoric acid groups is 1. The van der Waals surface area contributed by atoms with Crippen LogP contribution in [0.3, 0.4) is 0 Å². The van der Waals surface area contributed by atoms with Gasteiger partial charge in [-0.15, -0.1) is 0 Å². The first-order chi connectivity index (χ1) is 3.12. The maximum Gasteiger partial charge on any atom is 0.505 e. The average Bonchev–Trinajstić information content (AvgIpc) is 1.68. The van der Waals surface area contributed by atoms with E-state index in [4.69, 9.17) is 4.89 Å². The highest BCUT2D eigenvalue weighted by Gasteiger charge is 2.18. The molecule has 4 nitrogen and oxygen atoms in total. The standard InChI is InChI=1S/Cl2HO4P/c1-5-7(3,4)6-2/h(H,3,4). The first kappa shape index (κ1) is 7.69. The number of halogens is 2. The van der Waals surface area contributed by atoms with Crippen molar-refractivity contribution in [2.24, 2.45) is 0 Å². The summed E-state index contributed by atoms with van der Waals surface area (Å²) in [6.07, 6.45) is 0. The van der Waals surface area contributed by atoms with Crippen molar-refractivity contribution in [1.82, 2.24) is 0 Å². The SMILES string of the molecule is O=P(O)(OCl)OCl. The van der Waals surface area contributed by atoms with Gasteiger partial charge in [0.1, 0.15) is 0 Å². The molecule has 0 aliphatic carbocycles. The first-order valence-electron chi connectivity index (χ1n) is 1.06. The average molecular weight is 167 g/mol. The fourth-order valence-corrected chi connectivity index (χ4v) is 0.287. The van der Waals surface area contributed by atoms with Gasteiger partial charge in [0.05, 0.1) is 23.7 Å². The zero-order valence-corrected chi connectivity index (χ0v) is 5.28. The molecular weight excluding hydrogens is 166 g/mol. The zero-order valence-electron chi connectivity index (χ0n) is 2.88. The van der Waals surface area contributed by atoms with Gasteiger partial charge in [-0.1, -0.05) is 0 Å². The van der Waals surface area contributed by atoms with E-state index in [0.29, 0.717) is 0 Å². The molecular formula is HCl2O4P. The Hall–Kier alpha value is 0.690. The van der Waals surface area contributed by atoms with Crippen LogP contribution in [0, 0.1) is 0 Å². The second kappa shape index (κ2) is 2.87. The lowest BCUT2D eigenvalue weighted by Crippen LogP contribution is -1.73. The summed E-state index contributed by atoms with van der Waals surface area (Å²) in [4.78, 5) is 7.98. The maximum absolute atomic E-state index is 9.80. The highest BCUT2D eigenvalue weighted by Crippen LogP contribution is 2.45. The summed E-state index contributed by atoms with van der Waals surface area (Å²) < 4.78 is 16.4. The van der Waals surface area contributed by atoms with E-state index in [-0.39, 0.29) is 0 Å². The van der Waals surface area contributed by atoms with Crippen LogP contribution in [0.1, 0.15) is 0 Å². The summed E-state index contributed by atoms with van der Waals surface area (Å²) >= 11 is 8.74. The molecule has 0 aliphatic heterocycles. The Morgan fingerprint density at radius 3 is 1.71 bits per heavy atom. The van der Waals surface area contributed by atoms with Gasteiger partial charge in [-0.2, -0.15) is 8.15 Å². The molecule has 0 saturated heterocycles. The van der Waals surface area contributed by atoms with Crippen molar-refractivity contribution in [3.8, 4) is 0 Å². The van der Waals surface area contributed by atoms with E-state index in [1.54, 1.807) is 0 Å². The summed E-state index contributed by atoms with van der Waals surface area (Å²) in [6, 6.07) is 0. The lowest BCUT2D eigenvalue weighted by molar-refractivity contribution is 0.310. The quantitative estimate of drug-likeness (QED) is 0.631. The van der Waals surface area contributed by atoms with Crippen LogP contribution in [0.5, 0.6) is 0 Å². The Morgan fingerprint density at radius 1 is 1.43 bits per heavy atom. The maximum atomic E-state index is 9.80. The van der Waals surface area contributed by atoms with Crippen molar-refractivity contribution in [2.45, 2.75) is 0 Å². The van der Waals surface area contributed by atoms with Gasteiger partial charge in [-0.05, 0) is 0 Å². The number of hydrogen-bond acceptors (Lipinski definition) is 3. The molecule has 0 fully saturated rings. The van der Waals surface area contributed by atoms with Gasteiger partial charge in [0.25, 0.3) is 0 Å². The molecule has 0 saturated carbocycles. The van der Waals surface area contributed by atoms with Crippen LogP contribution in [-0.4, -0.2) is 4.89 Å². The van der Waals surface area contributed by atoms with Crippen LogP contribution in [0.2, 0.25) is 0 Å². The minimum absolute atomic E-state index is 3.32. The molecule has 0 amide bonds. The van der Waals surface area contributed by atoms with Crippen molar-refractivity contribution in [2.75, 3.05) is 0 Å². The second-order valence-corrected chi connectivity index (χ2v) is 2.65. The Bertz CT molecular complexity index is 81.7. The molecule has 0 spiro atoms. The van der Waals surface area contributed by atoms with Crippen molar-refractivity contribution in [3.63, 3.8) is 0 Å². The molecule has 0 aliphatic rings. The molecule has 0 unspecified atom stereocenters. The molecule has 0 atom stereocenters. The summed E-state index contributed by atoms with van der Waals surface area (Å²) in [5, 5.41) is 0. The van der Waals surface area contributed by atoms with Crippen molar-refractivity contribution in [1.29, 1.82) is 0 Å². The summed E-state index contributed by atoms with van der Waals surface area (Å²) in [6.45, 7) is 0. The Balaban J connectivity index is 3.61. The van der Waals surface area contributed by atoms with Gasteiger partial charge < -0.3 is 4.89 Å². The van der Waals surface area contributed by atoms with E-state index < -0.39 is 7.82 Å². The topological polar surface area (TPSA) is 55.8 Å². The van der Waals surface area contributed by atoms with E-state index >= 15 is 0 Å². The normalized spacial score (nSPS) is 11.9. The van der Waals surface area contributed by atoms with E-state index in [2.05, 4.69) is 31.9 Å². The van der Waals surface area contributed by atoms with Gasteiger partial charge in [0.15, 0.2) is 0 Å². The third-order valence-corrected chi connectivity index (χ3v) is 1.57. The molecule has 1 N–H and O–H groups in total. The number of hydrogen-bond donors (Lipinski definition) is 1. The second-order valence-electron chi connectivity index (χ2n) is 0.607. The van der Waals surface area contributed by atoms with Crippen molar-refractivity contribution in [3.05, 3.63) is 0 Å². The van der Waals surface area contributed by atoms with Gasteiger partial charge in [-0.25, -0.2) is 4.57 Å². The molecule has 44 valence electrons. The van der Waals surface area contributed by atoms with Crippen LogP contribution >= 0.6 is 31.6 Å². The summed E-state index contributed by atoms with van der Waals surface area (Å²) in [7, 11) is -4.12. The lowest BCUT2D eigenvalue weighted by Gasteiger charge is -1.95. The first-order valence-corrected chi connectivity index (χ1v) is 3.17. The molecule has 0 rings (SSSR count). The Kier molecular flexibility index (Phi) is 3.15. The summed E-state index contributed by atoms with van der Waals surface area (Å²) in [5.74, 6) is 0. The van der Waals surface area contributed by atoms with Crippen LogP contribution in [0.4, 0.5) is 0 Å². The van der Waals surface area contributed by atoms with E-state index in [0.717, 1.165) is 0 Å². The highest BCUT2D eigenvalue weighted by molar-refractivity contribution is 7.49. The summed E-state index contributed by atoms with van der Waals surface area (Å²) in [5.41, 5.74) is 0. The van der Waals surface area contributed by atoms with Gasteiger partial charge in [0.2, 0.25) is 0 Å². The minimum Gasteiger partial charge on any atom is -0.301 e. The molecule has 0 heterocycles. The third kappa shape index (κ3) is 3.29. The van der Waals surface area contributed by atoms with Crippen LogP contribution in [0.15, 0.2) is 0 Å². The number of rotatable bonds is 2. The molecule has 7 heavy (non-hydrogen) atoms. The molecule has 0 radical (unpaired) electrons. The molecule has 0 aromatic heterocycles. The lowest BCUT2D eigenvalue weighted by atomic mass is 15.7. The van der Waals surface area contributed by atoms with Crippen molar-refractivity contribution < 1.29 is 17.6 Å². The monoisotopic (exact) mass is 166 g/mol. The molecule has 0 bridgehead atoms. The predicted molar refractivity (Wildman–Crippen MR) is 23.7 cm³/mol. The Morgan fingerprint density at radius 2 is 1.71 bits per heavy atom. The fourth-order valence-electron chi connectivity index (χ4n) is 0.0106. The van der Waals surface area contributed by atoms with E-state index in [1.165, 1.54) is 0 Å². The van der Waals surface area contributed by atoms with Crippen molar-refractivity contribution >= 4 is 31.6 Å².